The normalized spacial score (nSPS) is 9.95. The summed E-state index contributed by atoms with van der Waals surface area (Å²) in [6, 6.07) is 12.5. The van der Waals surface area contributed by atoms with Crippen LogP contribution in [0.25, 0.3) is 0 Å². The smallest absolute Gasteiger partial charge is 0.252 e. The van der Waals surface area contributed by atoms with E-state index < -0.39 is 0 Å². The molecule has 1 heterocycles. The first-order valence-electron chi connectivity index (χ1n) is 6.71. The number of carbonyl (C=O) groups excluding carboxylic acids is 2. The van der Waals surface area contributed by atoms with E-state index in [-0.39, 0.29) is 11.8 Å². The lowest BCUT2D eigenvalue weighted by atomic mass is 10.2. The van der Waals surface area contributed by atoms with Gasteiger partial charge in [0.05, 0.1) is 5.56 Å². The SMILES string of the molecule is Cc1ccc(C(=O)NCCNC(=O)c2ccccc2)cn1. The van der Waals surface area contributed by atoms with Crippen LogP contribution in [0.3, 0.4) is 0 Å². The number of aromatic nitrogens is 1. The minimum absolute atomic E-state index is 0.151. The van der Waals surface area contributed by atoms with Gasteiger partial charge in [-0.3, -0.25) is 14.6 Å². The molecule has 0 radical (unpaired) electrons. The first-order chi connectivity index (χ1) is 10.2. The predicted molar refractivity (Wildman–Crippen MR) is 80.1 cm³/mol. The van der Waals surface area contributed by atoms with Crippen LogP contribution in [-0.2, 0) is 0 Å². The molecule has 1 aromatic carbocycles. The van der Waals surface area contributed by atoms with E-state index in [1.165, 1.54) is 6.20 Å². The molecule has 0 fully saturated rings. The van der Waals surface area contributed by atoms with Crippen molar-refractivity contribution in [1.82, 2.24) is 15.6 Å². The van der Waals surface area contributed by atoms with Crippen LogP contribution in [0, 0.1) is 6.92 Å². The molecule has 0 aliphatic heterocycles. The first kappa shape index (κ1) is 14.7. The number of nitrogens with one attached hydrogen (secondary N) is 2. The second-order valence-electron chi connectivity index (χ2n) is 4.57. The highest BCUT2D eigenvalue weighted by Crippen LogP contribution is 1.99. The Kier molecular flexibility index (Phi) is 5.04. The first-order valence-corrected chi connectivity index (χ1v) is 6.71. The van der Waals surface area contributed by atoms with E-state index >= 15 is 0 Å². The molecule has 0 aliphatic carbocycles. The van der Waals surface area contributed by atoms with Crippen molar-refractivity contribution < 1.29 is 9.59 Å². The van der Waals surface area contributed by atoms with Crippen molar-refractivity contribution in [2.75, 3.05) is 13.1 Å². The molecular weight excluding hydrogens is 266 g/mol. The van der Waals surface area contributed by atoms with Crippen LogP contribution < -0.4 is 10.6 Å². The monoisotopic (exact) mass is 283 g/mol. The minimum atomic E-state index is -0.198. The van der Waals surface area contributed by atoms with Gasteiger partial charge in [-0.25, -0.2) is 0 Å². The van der Waals surface area contributed by atoms with E-state index in [1.807, 2.05) is 13.0 Å². The second-order valence-corrected chi connectivity index (χ2v) is 4.57. The van der Waals surface area contributed by atoms with E-state index in [0.29, 0.717) is 24.2 Å². The van der Waals surface area contributed by atoms with Gasteiger partial charge < -0.3 is 10.6 Å². The minimum Gasteiger partial charge on any atom is -0.350 e. The number of rotatable bonds is 5. The topological polar surface area (TPSA) is 71.1 Å². The average molecular weight is 283 g/mol. The molecule has 21 heavy (non-hydrogen) atoms. The third-order valence-electron chi connectivity index (χ3n) is 2.91. The maximum Gasteiger partial charge on any atom is 0.252 e. The van der Waals surface area contributed by atoms with Crippen molar-refractivity contribution in [3.05, 3.63) is 65.5 Å². The summed E-state index contributed by atoms with van der Waals surface area (Å²) in [6.07, 6.45) is 1.53. The fraction of sp³-hybridized carbons (Fsp3) is 0.188. The number of aryl methyl sites for hydroxylation is 1. The molecule has 0 atom stereocenters. The van der Waals surface area contributed by atoms with Gasteiger partial charge in [0.1, 0.15) is 0 Å². The maximum absolute atomic E-state index is 11.8. The Labute approximate surface area is 123 Å². The summed E-state index contributed by atoms with van der Waals surface area (Å²) >= 11 is 0. The highest BCUT2D eigenvalue weighted by molar-refractivity contribution is 5.95. The van der Waals surface area contributed by atoms with Gasteiger partial charge in [0.15, 0.2) is 0 Å². The van der Waals surface area contributed by atoms with Crippen LogP contribution >= 0.6 is 0 Å². The number of hydrogen-bond donors (Lipinski definition) is 2. The van der Waals surface area contributed by atoms with Crippen LogP contribution in [0.15, 0.2) is 48.7 Å². The highest BCUT2D eigenvalue weighted by atomic mass is 16.2. The molecule has 2 N–H and O–H groups in total. The molecular formula is C16H17N3O2. The summed E-state index contributed by atoms with van der Waals surface area (Å²) in [6.45, 7) is 2.60. The molecule has 5 heteroatoms. The second kappa shape index (κ2) is 7.19. The summed E-state index contributed by atoms with van der Waals surface area (Å²) in [5, 5.41) is 5.48. The molecule has 1 aromatic heterocycles. The molecule has 108 valence electrons. The zero-order chi connectivity index (χ0) is 15.1. The Morgan fingerprint density at radius 2 is 1.52 bits per heavy atom. The van der Waals surface area contributed by atoms with E-state index in [1.54, 1.807) is 36.4 Å². The lowest BCUT2D eigenvalue weighted by Crippen LogP contribution is -2.34. The number of hydrogen-bond acceptors (Lipinski definition) is 3. The molecule has 0 saturated carbocycles. The molecule has 0 spiro atoms. The van der Waals surface area contributed by atoms with Gasteiger partial charge in [0.25, 0.3) is 11.8 Å². The molecule has 2 rings (SSSR count). The highest BCUT2D eigenvalue weighted by Gasteiger charge is 2.06. The number of pyridine rings is 1. The Balaban J connectivity index is 1.73. The maximum atomic E-state index is 11.8. The zero-order valence-corrected chi connectivity index (χ0v) is 11.8. The molecule has 2 amide bonds. The average Bonchev–Trinajstić information content (AvgIpc) is 2.52. The van der Waals surface area contributed by atoms with Gasteiger partial charge in [-0.15, -0.1) is 0 Å². The lowest BCUT2D eigenvalue weighted by molar-refractivity contribution is 0.0927. The number of amides is 2. The Morgan fingerprint density at radius 3 is 2.10 bits per heavy atom. The molecule has 2 aromatic rings. The van der Waals surface area contributed by atoms with Crippen LogP contribution in [0.2, 0.25) is 0 Å². The van der Waals surface area contributed by atoms with Gasteiger partial charge in [0.2, 0.25) is 0 Å². The quantitative estimate of drug-likeness (QED) is 0.818. The fourth-order valence-corrected chi connectivity index (χ4v) is 1.75. The molecule has 0 unspecified atom stereocenters. The summed E-state index contributed by atoms with van der Waals surface area (Å²) in [5.41, 5.74) is 1.98. The van der Waals surface area contributed by atoms with E-state index in [9.17, 15) is 9.59 Å². The van der Waals surface area contributed by atoms with Crippen LogP contribution in [0.1, 0.15) is 26.4 Å². The lowest BCUT2D eigenvalue weighted by Gasteiger charge is -2.07. The zero-order valence-electron chi connectivity index (χ0n) is 11.8. The number of benzene rings is 1. The number of nitrogens with zero attached hydrogens (tertiary/aromatic N) is 1. The van der Waals surface area contributed by atoms with E-state index in [0.717, 1.165) is 5.69 Å². The number of carbonyl (C=O) groups is 2. The van der Waals surface area contributed by atoms with Crippen LogP contribution in [0.4, 0.5) is 0 Å². The van der Waals surface area contributed by atoms with Crippen molar-refractivity contribution in [3.63, 3.8) is 0 Å². The van der Waals surface area contributed by atoms with Crippen LogP contribution in [0.5, 0.6) is 0 Å². The molecule has 0 saturated heterocycles. The molecule has 0 bridgehead atoms. The standard InChI is InChI=1S/C16H17N3O2/c1-12-7-8-14(11-19-12)16(21)18-10-9-17-15(20)13-5-3-2-4-6-13/h2-8,11H,9-10H2,1H3,(H,17,20)(H,18,21). The molecule has 0 aliphatic rings. The summed E-state index contributed by atoms with van der Waals surface area (Å²) < 4.78 is 0. The van der Waals surface area contributed by atoms with E-state index in [4.69, 9.17) is 0 Å². The Morgan fingerprint density at radius 1 is 0.905 bits per heavy atom. The predicted octanol–water partition coefficient (Wildman–Crippen LogP) is 1.55. The summed E-state index contributed by atoms with van der Waals surface area (Å²) in [4.78, 5) is 27.6. The van der Waals surface area contributed by atoms with Gasteiger partial charge in [-0.05, 0) is 31.2 Å². The van der Waals surface area contributed by atoms with Crippen LogP contribution in [-0.4, -0.2) is 29.9 Å². The van der Waals surface area contributed by atoms with E-state index in [2.05, 4.69) is 15.6 Å². The van der Waals surface area contributed by atoms with Crippen molar-refractivity contribution in [1.29, 1.82) is 0 Å². The van der Waals surface area contributed by atoms with Crippen molar-refractivity contribution in [3.8, 4) is 0 Å². The van der Waals surface area contributed by atoms with Crippen molar-refractivity contribution in [2.45, 2.75) is 6.92 Å². The van der Waals surface area contributed by atoms with Crippen molar-refractivity contribution in [2.24, 2.45) is 0 Å². The Hall–Kier alpha value is -2.69. The van der Waals surface area contributed by atoms with Crippen molar-refractivity contribution >= 4 is 11.8 Å². The third-order valence-corrected chi connectivity index (χ3v) is 2.91. The van der Waals surface area contributed by atoms with Gasteiger partial charge in [-0.1, -0.05) is 18.2 Å². The molecule has 5 nitrogen and oxygen atoms in total. The van der Waals surface area contributed by atoms with Gasteiger partial charge in [-0.2, -0.15) is 0 Å². The largest absolute Gasteiger partial charge is 0.350 e. The van der Waals surface area contributed by atoms with Gasteiger partial charge >= 0.3 is 0 Å². The van der Waals surface area contributed by atoms with Gasteiger partial charge in [0, 0.05) is 30.5 Å². The third kappa shape index (κ3) is 4.42. The summed E-state index contributed by atoms with van der Waals surface area (Å²) in [5.74, 6) is -0.349. The summed E-state index contributed by atoms with van der Waals surface area (Å²) in [7, 11) is 0. The Bertz CT molecular complexity index is 609. The fourth-order valence-electron chi connectivity index (χ4n) is 1.75.